The Labute approximate surface area is 75.3 Å². The van der Waals surface area contributed by atoms with Crippen LogP contribution in [0, 0.1) is 38.9 Å². The summed E-state index contributed by atoms with van der Waals surface area (Å²) in [5, 5.41) is 18.4. The highest BCUT2D eigenvalue weighted by Gasteiger charge is 2.27. The van der Waals surface area contributed by atoms with E-state index in [2.05, 4.69) is 0 Å². The van der Waals surface area contributed by atoms with E-state index in [1.165, 1.54) is 6.07 Å². The fourth-order valence-corrected chi connectivity index (χ4v) is 0.832. The first-order valence-corrected chi connectivity index (χ1v) is 3.21. The van der Waals surface area contributed by atoms with Crippen LogP contribution in [0.4, 0.5) is 18.9 Å². The number of nitro groups is 1. The first-order chi connectivity index (χ1) is 6.49. The van der Waals surface area contributed by atoms with Crippen LogP contribution in [0.1, 0.15) is 5.56 Å². The number of nitrogens with zero attached hydrogens (tertiary/aromatic N) is 2. The maximum absolute atomic E-state index is 12.9. The number of halogens is 3. The molecule has 0 aliphatic heterocycles. The Kier molecular flexibility index (Phi) is 2.38. The van der Waals surface area contributed by atoms with Crippen molar-refractivity contribution in [3.63, 3.8) is 0 Å². The van der Waals surface area contributed by atoms with Crippen LogP contribution in [0.15, 0.2) is 6.07 Å². The fraction of sp³-hybridized carbons (Fsp3) is 0. The molecule has 0 spiro atoms. The second-order valence-electron chi connectivity index (χ2n) is 2.25. The summed E-state index contributed by atoms with van der Waals surface area (Å²) in [5.41, 5.74) is -2.56. The lowest BCUT2D eigenvalue weighted by Crippen LogP contribution is -2.02. The van der Waals surface area contributed by atoms with Crippen molar-refractivity contribution in [1.82, 2.24) is 0 Å². The maximum atomic E-state index is 12.9. The summed E-state index contributed by atoms with van der Waals surface area (Å²) in [4.78, 5) is 8.69. The smallest absolute Gasteiger partial charge is 0.258 e. The summed E-state index contributed by atoms with van der Waals surface area (Å²) in [7, 11) is 0. The van der Waals surface area contributed by atoms with Gasteiger partial charge in [0.05, 0.1) is 10.5 Å². The minimum absolute atomic E-state index is 0.262. The number of nitriles is 1. The van der Waals surface area contributed by atoms with E-state index in [0.717, 1.165) is 0 Å². The predicted molar refractivity (Wildman–Crippen MR) is 37.7 cm³/mol. The highest BCUT2D eigenvalue weighted by molar-refractivity contribution is 5.44. The van der Waals surface area contributed by atoms with Gasteiger partial charge in [-0.1, -0.05) is 0 Å². The van der Waals surface area contributed by atoms with E-state index in [9.17, 15) is 23.3 Å². The van der Waals surface area contributed by atoms with Gasteiger partial charge in [0.1, 0.15) is 6.07 Å². The molecule has 0 bridgehead atoms. The van der Waals surface area contributed by atoms with Gasteiger partial charge in [0.2, 0.25) is 11.6 Å². The zero-order valence-corrected chi connectivity index (χ0v) is 6.42. The Balaban J connectivity index is 3.63. The zero-order chi connectivity index (χ0) is 10.9. The molecule has 0 aromatic heterocycles. The average molecular weight is 202 g/mol. The Morgan fingerprint density at radius 3 is 2.36 bits per heavy atom. The van der Waals surface area contributed by atoms with Crippen LogP contribution in [0.2, 0.25) is 0 Å². The molecule has 0 saturated heterocycles. The largest absolute Gasteiger partial charge is 0.344 e. The molecule has 0 fully saturated rings. The number of hydrogen-bond acceptors (Lipinski definition) is 3. The molecule has 0 unspecified atom stereocenters. The van der Waals surface area contributed by atoms with Crippen LogP contribution in [-0.2, 0) is 0 Å². The zero-order valence-electron chi connectivity index (χ0n) is 6.42. The van der Waals surface area contributed by atoms with E-state index in [0.29, 0.717) is 0 Å². The van der Waals surface area contributed by atoms with Crippen molar-refractivity contribution in [1.29, 1.82) is 5.26 Å². The summed E-state index contributed by atoms with van der Waals surface area (Å²) in [5.74, 6) is -5.21. The molecular weight excluding hydrogens is 201 g/mol. The van der Waals surface area contributed by atoms with Crippen LogP contribution in [0.5, 0.6) is 0 Å². The third-order valence-electron chi connectivity index (χ3n) is 1.44. The third kappa shape index (κ3) is 1.37. The molecule has 1 aromatic carbocycles. The Hall–Kier alpha value is -2.10. The van der Waals surface area contributed by atoms with E-state index in [1.807, 2.05) is 0 Å². The van der Waals surface area contributed by atoms with Crippen molar-refractivity contribution in [2.45, 2.75) is 0 Å². The molecule has 4 nitrogen and oxygen atoms in total. The van der Waals surface area contributed by atoms with Gasteiger partial charge in [-0.25, -0.2) is 4.39 Å². The van der Waals surface area contributed by atoms with Gasteiger partial charge in [0, 0.05) is 0 Å². The summed E-state index contributed by atoms with van der Waals surface area (Å²) >= 11 is 0. The lowest BCUT2D eigenvalue weighted by atomic mass is 10.2. The first kappa shape index (κ1) is 9.98. The molecule has 0 aliphatic carbocycles. The lowest BCUT2D eigenvalue weighted by molar-refractivity contribution is -0.390. The van der Waals surface area contributed by atoms with E-state index >= 15 is 0 Å². The van der Waals surface area contributed by atoms with Crippen molar-refractivity contribution < 1.29 is 18.1 Å². The second-order valence-corrected chi connectivity index (χ2v) is 2.25. The highest BCUT2D eigenvalue weighted by Crippen LogP contribution is 2.26. The Bertz CT molecular complexity index is 453. The maximum Gasteiger partial charge on any atom is 0.344 e. The normalized spacial score (nSPS) is 9.57. The van der Waals surface area contributed by atoms with Crippen molar-refractivity contribution in [3.8, 4) is 6.07 Å². The average Bonchev–Trinajstić information content (AvgIpc) is 2.11. The molecule has 1 aromatic rings. The van der Waals surface area contributed by atoms with Crippen molar-refractivity contribution in [2.75, 3.05) is 0 Å². The van der Waals surface area contributed by atoms with Crippen LogP contribution in [0.25, 0.3) is 0 Å². The third-order valence-corrected chi connectivity index (χ3v) is 1.44. The van der Waals surface area contributed by atoms with Crippen LogP contribution in [0.3, 0.4) is 0 Å². The minimum atomic E-state index is -1.91. The number of rotatable bonds is 1. The molecule has 0 aliphatic rings. The van der Waals surface area contributed by atoms with E-state index in [1.54, 1.807) is 0 Å². The van der Waals surface area contributed by atoms with Gasteiger partial charge in [-0.3, -0.25) is 10.1 Å². The molecule has 0 saturated carbocycles. The van der Waals surface area contributed by atoms with E-state index in [4.69, 9.17) is 5.26 Å². The number of nitro benzene ring substituents is 1. The van der Waals surface area contributed by atoms with Gasteiger partial charge in [-0.2, -0.15) is 14.0 Å². The van der Waals surface area contributed by atoms with Gasteiger partial charge in [0.15, 0.2) is 5.82 Å². The number of benzene rings is 1. The van der Waals surface area contributed by atoms with Gasteiger partial charge in [0.25, 0.3) is 0 Å². The van der Waals surface area contributed by atoms with Crippen LogP contribution >= 0.6 is 0 Å². The van der Waals surface area contributed by atoms with Gasteiger partial charge in [-0.05, 0) is 6.07 Å². The number of hydrogen-bond donors (Lipinski definition) is 0. The lowest BCUT2D eigenvalue weighted by Gasteiger charge is -1.98. The standard InChI is InChI=1S/C7HF3N2O2/c8-4-1-3(2-11)5(9)7(6(4)10)12(13)14/h1H. The van der Waals surface area contributed by atoms with Gasteiger partial charge in [-0.15, -0.1) is 0 Å². The van der Waals surface area contributed by atoms with Crippen LogP contribution in [-0.4, -0.2) is 4.92 Å². The second kappa shape index (κ2) is 3.33. The molecule has 7 heteroatoms. The quantitative estimate of drug-likeness (QED) is 0.396. The highest BCUT2D eigenvalue weighted by atomic mass is 19.2. The molecule has 0 amide bonds. The summed E-state index contributed by atoms with van der Waals surface area (Å²) in [6.07, 6.45) is 0. The molecule has 0 radical (unpaired) electrons. The molecule has 0 N–H and O–H groups in total. The monoisotopic (exact) mass is 202 g/mol. The van der Waals surface area contributed by atoms with Crippen molar-refractivity contribution >= 4 is 5.69 Å². The van der Waals surface area contributed by atoms with E-state index < -0.39 is 33.6 Å². The van der Waals surface area contributed by atoms with Crippen molar-refractivity contribution in [2.24, 2.45) is 0 Å². The first-order valence-electron chi connectivity index (χ1n) is 3.21. The summed E-state index contributed by atoms with van der Waals surface area (Å²) in [6, 6.07) is 1.43. The SMILES string of the molecule is N#Cc1cc(F)c(F)c([N+](=O)[O-])c1F. The molecule has 72 valence electrons. The van der Waals surface area contributed by atoms with E-state index in [-0.39, 0.29) is 6.07 Å². The Morgan fingerprint density at radius 2 is 1.93 bits per heavy atom. The molecule has 0 atom stereocenters. The summed E-state index contributed by atoms with van der Waals surface area (Å²) in [6.45, 7) is 0. The molecule has 0 heterocycles. The van der Waals surface area contributed by atoms with Gasteiger partial charge < -0.3 is 0 Å². The van der Waals surface area contributed by atoms with Crippen LogP contribution < -0.4 is 0 Å². The minimum Gasteiger partial charge on any atom is -0.258 e. The fourth-order valence-electron chi connectivity index (χ4n) is 0.832. The molecular formula is C7HF3N2O2. The Morgan fingerprint density at radius 1 is 1.36 bits per heavy atom. The topological polar surface area (TPSA) is 66.9 Å². The summed E-state index contributed by atoms with van der Waals surface area (Å²) < 4.78 is 38.1. The molecule has 1 rings (SSSR count). The molecule has 14 heavy (non-hydrogen) atoms. The predicted octanol–water partition coefficient (Wildman–Crippen LogP) is 1.88. The van der Waals surface area contributed by atoms with Gasteiger partial charge >= 0.3 is 5.69 Å². The van der Waals surface area contributed by atoms with Crippen molar-refractivity contribution in [3.05, 3.63) is 39.2 Å².